The van der Waals surface area contributed by atoms with Gasteiger partial charge in [0, 0.05) is 25.2 Å². The summed E-state index contributed by atoms with van der Waals surface area (Å²) in [5, 5.41) is 0. The fourth-order valence-corrected chi connectivity index (χ4v) is 3.34. The van der Waals surface area contributed by atoms with Crippen molar-refractivity contribution in [1.82, 2.24) is 14.7 Å². The summed E-state index contributed by atoms with van der Waals surface area (Å²) in [6.45, 7) is 4.54. The third-order valence-electron chi connectivity index (χ3n) is 4.70. The summed E-state index contributed by atoms with van der Waals surface area (Å²) in [5.74, 6) is 1.19. The fraction of sp³-hybridized carbons (Fsp3) is 0.667. The van der Waals surface area contributed by atoms with Crippen molar-refractivity contribution in [3.63, 3.8) is 0 Å². The lowest BCUT2D eigenvalue weighted by Gasteiger charge is -2.41. The summed E-state index contributed by atoms with van der Waals surface area (Å²) < 4.78 is 5.42. The molecular weight excluding hydrogens is 254 g/mol. The van der Waals surface area contributed by atoms with E-state index in [9.17, 15) is 4.79 Å². The van der Waals surface area contributed by atoms with Gasteiger partial charge in [-0.25, -0.2) is 0 Å². The molecule has 20 heavy (non-hydrogen) atoms. The first kappa shape index (κ1) is 13.6. The average molecular weight is 277 g/mol. The molecule has 0 bridgehead atoms. The molecule has 5 heteroatoms. The lowest BCUT2D eigenvalue weighted by atomic mass is 10.1. The SMILES string of the molecule is CC1C(=O)N2CC(N(C)C)CC2CN1Cc1ccco1. The highest BCUT2D eigenvalue weighted by Gasteiger charge is 2.44. The average Bonchev–Trinajstić information content (AvgIpc) is 3.04. The topological polar surface area (TPSA) is 39.9 Å². The van der Waals surface area contributed by atoms with Crippen molar-refractivity contribution in [2.45, 2.75) is 38.0 Å². The van der Waals surface area contributed by atoms with Gasteiger partial charge in [-0.05, 0) is 39.6 Å². The normalized spacial score (nSPS) is 31.1. The zero-order chi connectivity index (χ0) is 14.3. The summed E-state index contributed by atoms with van der Waals surface area (Å²) in [5.41, 5.74) is 0. The summed E-state index contributed by atoms with van der Waals surface area (Å²) in [7, 11) is 4.19. The van der Waals surface area contributed by atoms with Crippen LogP contribution in [-0.4, -0.2) is 65.9 Å². The van der Waals surface area contributed by atoms with E-state index in [0.29, 0.717) is 12.1 Å². The third kappa shape index (κ3) is 2.36. The van der Waals surface area contributed by atoms with Gasteiger partial charge in [-0.15, -0.1) is 0 Å². The molecule has 0 aliphatic carbocycles. The van der Waals surface area contributed by atoms with E-state index in [4.69, 9.17) is 4.42 Å². The van der Waals surface area contributed by atoms with Crippen molar-refractivity contribution in [3.05, 3.63) is 24.2 Å². The maximum Gasteiger partial charge on any atom is 0.240 e. The van der Waals surface area contributed by atoms with Crippen molar-refractivity contribution in [2.75, 3.05) is 27.2 Å². The molecule has 0 N–H and O–H groups in total. The van der Waals surface area contributed by atoms with Crippen molar-refractivity contribution in [3.8, 4) is 0 Å². The summed E-state index contributed by atoms with van der Waals surface area (Å²) >= 11 is 0. The van der Waals surface area contributed by atoms with Crippen LogP contribution in [0.4, 0.5) is 0 Å². The van der Waals surface area contributed by atoms with Gasteiger partial charge in [0.15, 0.2) is 0 Å². The first-order valence-corrected chi connectivity index (χ1v) is 7.29. The van der Waals surface area contributed by atoms with Crippen molar-refractivity contribution in [1.29, 1.82) is 0 Å². The molecule has 0 spiro atoms. The van der Waals surface area contributed by atoms with E-state index in [0.717, 1.165) is 31.8 Å². The lowest BCUT2D eigenvalue weighted by molar-refractivity contribution is -0.143. The van der Waals surface area contributed by atoms with Gasteiger partial charge in [-0.1, -0.05) is 0 Å². The van der Waals surface area contributed by atoms with E-state index < -0.39 is 0 Å². The predicted octanol–water partition coefficient (Wildman–Crippen LogP) is 1.01. The van der Waals surface area contributed by atoms with E-state index in [1.165, 1.54) is 0 Å². The number of rotatable bonds is 3. The number of amides is 1. The zero-order valence-corrected chi connectivity index (χ0v) is 12.5. The molecule has 2 aliphatic heterocycles. The van der Waals surface area contributed by atoms with E-state index in [1.54, 1.807) is 6.26 Å². The minimum atomic E-state index is -0.0581. The molecule has 3 heterocycles. The van der Waals surface area contributed by atoms with E-state index in [2.05, 4.69) is 28.8 Å². The largest absolute Gasteiger partial charge is 0.468 e. The monoisotopic (exact) mass is 277 g/mol. The van der Waals surface area contributed by atoms with Crippen LogP contribution in [0.15, 0.2) is 22.8 Å². The maximum absolute atomic E-state index is 12.5. The number of piperazine rings is 1. The van der Waals surface area contributed by atoms with Crippen LogP contribution < -0.4 is 0 Å². The number of likely N-dealkylation sites (N-methyl/N-ethyl adjacent to an activating group) is 1. The van der Waals surface area contributed by atoms with Crippen LogP contribution in [0, 0.1) is 0 Å². The van der Waals surface area contributed by atoms with Crippen LogP contribution in [-0.2, 0) is 11.3 Å². The predicted molar refractivity (Wildman–Crippen MR) is 76.2 cm³/mol. The van der Waals surface area contributed by atoms with E-state index in [1.807, 2.05) is 19.1 Å². The van der Waals surface area contributed by atoms with E-state index in [-0.39, 0.29) is 11.9 Å². The number of fused-ring (bicyclic) bond motifs is 1. The van der Waals surface area contributed by atoms with Crippen molar-refractivity contribution < 1.29 is 9.21 Å². The van der Waals surface area contributed by atoms with Crippen molar-refractivity contribution >= 4 is 5.91 Å². The van der Waals surface area contributed by atoms with Gasteiger partial charge in [0.1, 0.15) is 5.76 Å². The summed E-state index contributed by atoms with van der Waals surface area (Å²) in [4.78, 5) is 19.1. The van der Waals surface area contributed by atoms with Crippen LogP contribution in [0.25, 0.3) is 0 Å². The number of carbonyl (C=O) groups is 1. The Morgan fingerprint density at radius 3 is 2.85 bits per heavy atom. The molecule has 3 atom stereocenters. The molecule has 3 unspecified atom stereocenters. The number of hydrogen-bond acceptors (Lipinski definition) is 4. The molecule has 1 aromatic rings. The van der Waals surface area contributed by atoms with Crippen LogP contribution in [0.2, 0.25) is 0 Å². The highest BCUT2D eigenvalue weighted by atomic mass is 16.3. The second-order valence-electron chi connectivity index (χ2n) is 6.18. The smallest absolute Gasteiger partial charge is 0.240 e. The first-order chi connectivity index (χ1) is 9.56. The fourth-order valence-electron chi connectivity index (χ4n) is 3.34. The summed E-state index contributed by atoms with van der Waals surface area (Å²) in [6.07, 6.45) is 2.76. The van der Waals surface area contributed by atoms with Gasteiger partial charge < -0.3 is 14.2 Å². The molecule has 1 amide bonds. The standard InChI is InChI=1S/C15H23N3O2/c1-11-15(19)18-9-12(16(2)3)7-13(18)8-17(11)10-14-5-4-6-20-14/h4-6,11-13H,7-10H2,1-3H3. The number of furan rings is 1. The second-order valence-corrected chi connectivity index (χ2v) is 6.18. The van der Waals surface area contributed by atoms with Crippen LogP contribution >= 0.6 is 0 Å². The molecule has 0 radical (unpaired) electrons. The van der Waals surface area contributed by atoms with Gasteiger partial charge in [0.2, 0.25) is 5.91 Å². The first-order valence-electron chi connectivity index (χ1n) is 7.29. The van der Waals surface area contributed by atoms with E-state index >= 15 is 0 Å². The van der Waals surface area contributed by atoms with Crippen LogP contribution in [0.1, 0.15) is 19.1 Å². The van der Waals surface area contributed by atoms with Crippen LogP contribution in [0.3, 0.4) is 0 Å². The molecule has 110 valence electrons. The maximum atomic E-state index is 12.5. The van der Waals surface area contributed by atoms with Gasteiger partial charge >= 0.3 is 0 Å². The second kappa shape index (κ2) is 5.22. The Balaban J connectivity index is 1.72. The molecular formula is C15H23N3O2. The molecule has 2 aliphatic rings. The molecule has 1 aromatic heterocycles. The molecule has 2 saturated heterocycles. The van der Waals surface area contributed by atoms with Gasteiger partial charge in [-0.2, -0.15) is 0 Å². The van der Waals surface area contributed by atoms with Crippen LogP contribution in [0.5, 0.6) is 0 Å². The Labute approximate surface area is 120 Å². The Kier molecular flexibility index (Phi) is 3.56. The Morgan fingerprint density at radius 2 is 2.20 bits per heavy atom. The third-order valence-corrected chi connectivity index (χ3v) is 4.70. The highest BCUT2D eigenvalue weighted by molar-refractivity contribution is 5.83. The Bertz CT molecular complexity index is 471. The van der Waals surface area contributed by atoms with Gasteiger partial charge in [0.25, 0.3) is 0 Å². The minimum Gasteiger partial charge on any atom is -0.468 e. The molecule has 0 saturated carbocycles. The van der Waals surface area contributed by atoms with Gasteiger partial charge in [-0.3, -0.25) is 9.69 Å². The molecule has 2 fully saturated rings. The quantitative estimate of drug-likeness (QED) is 0.827. The minimum absolute atomic E-state index is 0.0581. The number of carbonyl (C=O) groups excluding carboxylic acids is 1. The Hall–Kier alpha value is -1.33. The molecule has 0 aromatic carbocycles. The molecule has 3 rings (SSSR count). The van der Waals surface area contributed by atoms with Gasteiger partial charge in [0.05, 0.1) is 18.8 Å². The number of nitrogens with zero attached hydrogens (tertiary/aromatic N) is 3. The lowest BCUT2D eigenvalue weighted by Crippen LogP contribution is -2.58. The molecule has 5 nitrogen and oxygen atoms in total. The summed E-state index contributed by atoms with van der Waals surface area (Å²) in [6, 6.07) is 4.65. The highest BCUT2D eigenvalue weighted by Crippen LogP contribution is 2.28. The van der Waals surface area contributed by atoms with Crippen molar-refractivity contribution in [2.24, 2.45) is 0 Å². The Morgan fingerprint density at radius 1 is 1.40 bits per heavy atom. The number of hydrogen-bond donors (Lipinski definition) is 0. The zero-order valence-electron chi connectivity index (χ0n) is 12.5.